The molecule has 1 atom stereocenters. The summed E-state index contributed by atoms with van der Waals surface area (Å²) < 4.78 is 19.0. The van der Waals surface area contributed by atoms with Crippen molar-refractivity contribution in [3.05, 3.63) is 65.8 Å². The molecule has 29 heavy (non-hydrogen) atoms. The van der Waals surface area contributed by atoms with Gasteiger partial charge < -0.3 is 9.84 Å². The minimum atomic E-state index is -0.346. The van der Waals surface area contributed by atoms with Crippen molar-refractivity contribution >= 4 is 11.6 Å². The maximum atomic E-state index is 13.5. The molecule has 7 heteroatoms. The number of likely N-dealkylation sites (tertiary alicyclic amines) is 1. The summed E-state index contributed by atoms with van der Waals surface area (Å²) in [5.41, 5.74) is 2.49. The zero-order chi connectivity index (χ0) is 20.2. The Bertz CT molecular complexity index is 986. The number of amides is 1. The molecule has 1 amide bonds. The van der Waals surface area contributed by atoms with Gasteiger partial charge in [0.05, 0.1) is 12.6 Å². The number of nitrogens with one attached hydrogen (secondary N) is 1. The highest BCUT2D eigenvalue weighted by molar-refractivity contribution is 5.92. The molecule has 1 fully saturated rings. The number of piperidine rings is 1. The number of rotatable bonds is 5. The Hall–Kier alpha value is -3.06. The SMILES string of the molecule is Cc1ccc(NC(=O)CN2CCCCC2c2nc(-c3cccc(F)c3)no2)cc1. The number of anilines is 1. The lowest BCUT2D eigenvalue weighted by Crippen LogP contribution is -2.39. The van der Waals surface area contributed by atoms with Crippen LogP contribution in [0.5, 0.6) is 0 Å². The highest BCUT2D eigenvalue weighted by Crippen LogP contribution is 2.31. The van der Waals surface area contributed by atoms with Crippen molar-refractivity contribution in [2.75, 3.05) is 18.4 Å². The fourth-order valence-electron chi connectivity index (χ4n) is 3.60. The van der Waals surface area contributed by atoms with E-state index in [0.717, 1.165) is 37.1 Å². The molecule has 1 unspecified atom stereocenters. The molecule has 0 aliphatic carbocycles. The second-order valence-corrected chi connectivity index (χ2v) is 7.36. The maximum Gasteiger partial charge on any atom is 0.244 e. The van der Waals surface area contributed by atoms with Crippen LogP contribution in [-0.4, -0.2) is 34.0 Å². The summed E-state index contributed by atoms with van der Waals surface area (Å²) in [7, 11) is 0. The summed E-state index contributed by atoms with van der Waals surface area (Å²) >= 11 is 0. The van der Waals surface area contributed by atoms with Crippen LogP contribution >= 0.6 is 0 Å². The van der Waals surface area contributed by atoms with Crippen LogP contribution < -0.4 is 5.32 Å². The number of aryl methyl sites for hydroxylation is 1. The molecular formula is C22H23FN4O2. The van der Waals surface area contributed by atoms with Crippen LogP contribution in [0.2, 0.25) is 0 Å². The average Bonchev–Trinajstić information content (AvgIpc) is 3.20. The largest absolute Gasteiger partial charge is 0.337 e. The molecule has 0 spiro atoms. The molecule has 150 valence electrons. The van der Waals surface area contributed by atoms with Crippen molar-refractivity contribution in [3.63, 3.8) is 0 Å². The minimum absolute atomic E-state index is 0.0781. The monoisotopic (exact) mass is 394 g/mol. The van der Waals surface area contributed by atoms with Gasteiger partial charge in [-0.1, -0.05) is 41.4 Å². The standard InChI is InChI=1S/C22H23FN4O2/c1-15-8-10-18(11-9-15)24-20(28)14-27-12-3-2-7-19(27)22-25-21(26-29-22)16-5-4-6-17(23)13-16/h4-6,8-11,13,19H,2-3,7,12,14H2,1H3,(H,24,28). The molecule has 2 heterocycles. The molecule has 4 rings (SSSR count). The van der Waals surface area contributed by atoms with Gasteiger partial charge in [0.2, 0.25) is 17.6 Å². The number of aromatic nitrogens is 2. The van der Waals surface area contributed by atoms with Crippen LogP contribution in [0.1, 0.15) is 36.8 Å². The Morgan fingerprint density at radius 3 is 2.86 bits per heavy atom. The van der Waals surface area contributed by atoms with Gasteiger partial charge in [0.15, 0.2) is 0 Å². The van der Waals surface area contributed by atoms with Gasteiger partial charge in [-0.05, 0) is 50.6 Å². The average molecular weight is 394 g/mol. The van der Waals surface area contributed by atoms with Crippen LogP contribution in [0.25, 0.3) is 11.4 Å². The topological polar surface area (TPSA) is 71.3 Å². The second kappa shape index (κ2) is 8.53. The lowest BCUT2D eigenvalue weighted by atomic mass is 10.0. The Morgan fingerprint density at radius 1 is 1.24 bits per heavy atom. The van der Waals surface area contributed by atoms with Crippen LogP contribution in [0.4, 0.5) is 10.1 Å². The fourth-order valence-corrected chi connectivity index (χ4v) is 3.60. The highest BCUT2D eigenvalue weighted by atomic mass is 19.1. The number of carbonyl (C=O) groups is 1. The third kappa shape index (κ3) is 4.68. The molecule has 1 aromatic heterocycles. The molecule has 2 aromatic carbocycles. The third-order valence-electron chi connectivity index (χ3n) is 5.11. The van der Waals surface area contributed by atoms with E-state index in [4.69, 9.17) is 4.52 Å². The summed E-state index contributed by atoms with van der Waals surface area (Å²) in [5.74, 6) is 0.396. The first-order chi connectivity index (χ1) is 14.1. The molecule has 3 aromatic rings. The van der Waals surface area contributed by atoms with Crippen molar-refractivity contribution < 1.29 is 13.7 Å². The van der Waals surface area contributed by atoms with Gasteiger partial charge in [0.1, 0.15) is 5.82 Å². The predicted octanol–water partition coefficient (Wildman–Crippen LogP) is 4.35. The maximum absolute atomic E-state index is 13.5. The van der Waals surface area contributed by atoms with Crippen LogP contribution in [-0.2, 0) is 4.79 Å². The van der Waals surface area contributed by atoms with E-state index < -0.39 is 0 Å². The number of halogens is 1. The number of hydrogen-bond acceptors (Lipinski definition) is 5. The molecule has 1 aliphatic heterocycles. The van der Waals surface area contributed by atoms with E-state index in [1.165, 1.54) is 12.1 Å². The van der Waals surface area contributed by atoms with Crippen molar-refractivity contribution in [2.24, 2.45) is 0 Å². The van der Waals surface area contributed by atoms with E-state index in [1.54, 1.807) is 12.1 Å². The van der Waals surface area contributed by atoms with Crippen LogP contribution in [0.3, 0.4) is 0 Å². The summed E-state index contributed by atoms with van der Waals surface area (Å²) in [4.78, 5) is 19.1. The summed E-state index contributed by atoms with van der Waals surface area (Å²) in [6.45, 7) is 3.03. The van der Waals surface area contributed by atoms with Gasteiger partial charge in [0.25, 0.3) is 0 Å². The zero-order valence-corrected chi connectivity index (χ0v) is 16.3. The Labute approximate surface area is 168 Å². The quantitative estimate of drug-likeness (QED) is 0.697. The summed E-state index contributed by atoms with van der Waals surface area (Å²) in [6.07, 6.45) is 2.88. The normalized spacial score (nSPS) is 17.2. The van der Waals surface area contributed by atoms with Crippen molar-refractivity contribution in [2.45, 2.75) is 32.2 Å². The number of nitrogens with zero attached hydrogens (tertiary/aromatic N) is 3. The van der Waals surface area contributed by atoms with Gasteiger partial charge in [0, 0.05) is 11.3 Å². The van der Waals surface area contributed by atoms with Crippen LogP contribution in [0.15, 0.2) is 53.1 Å². The van der Waals surface area contributed by atoms with E-state index in [2.05, 4.69) is 20.4 Å². The molecule has 1 saturated heterocycles. The number of carbonyl (C=O) groups excluding carboxylic acids is 1. The summed E-state index contributed by atoms with van der Waals surface area (Å²) in [5, 5.41) is 6.95. The van der Waals surface area contributed by atoms with Gasteiger partial charge >= 0.3 is 0 Å². The Kier molecular flexibility index (Phi) is 5.67. The smallest absolute Gasteiger partial charge is 0.244 e. The van der Waals surface area contributed by atoms with E-state index in [-0.39, 0.29) is 24.3 Å². The lowest BCUT2D eigenvalue weighted by Gasteiger charge is -2.32. The van der Waals surface area contributed by atoms with Gasteiger partial charge in [-0.3, -0.25) is 9.69 Å². The van der Waals surface area contributed by atoms with E-state index in [1.807, 2.05) is 31.2 Å². The molecule has 6 nitrogen and oxygen atoms in total. The van der Waals surface area contributed by atoms with Gasteiger partial charge in [-0.2, -0.15) is 4.98 Å². The van der Waals surface area contributed by atoms with Gasteiger partial charge in [-0.25, -0.2) is 4.39 Å². The minimum Gasteiger partial charge on any atom is -0.337 e. The van der Waals surface area contributed by atoms with Crippen molar-refractivity contribution in [1.29, 1.82) is 0 Å². The fraction of sp³-hybridized carbons (Fsp3) is 0.318. The predicted molar refractivity (Wildman–Crippen MR) is 108 cm³/mol. The van der Waals surface area contributed by atoms with E-state index >= 15 is 0 Å². The van der Waals surface area contributed by atoms with E-state index in [0.29, 0.717) is 17.3 Å². The molecule has 1 aliphatic rings. The molecule has 0 radical (unpaired) electrons. The number of hydrogen-bond donors (Lipinski definition) is 1. The first-order valence-corrected chi connectivity index (χ1v) is 9.78. The molecule has 0 bridgehead atoms. The first-order valence-electron chi connectivity index (χ1n) is 9.78. The lowest BCUT2D eigenvalue weighted by molar-refractivity contribution is -0.118. The molecular weight excluding hydrogens is 371 g/mol. The first kappa shape index (κ1) is 19.3. The third-order valence-corrected chi connectivity index (χ3v) is 5.11. The van der Waals surface area contributed by atoms with Crippen molar-refractivity contribution in [1.82, 2.24) is 15.0 Å². The van der Waals surface area contributed by atoms with Gasteiger partial charge in [-0.15, -0.1) is 0 Å². The molecule has 1 N–H and O–H groups in total. The Morgan fingerprint density at radius 2 is 2.07 bits per heavy atom. The summed E-state index contributed by atoms with van der Waals surface area (Å²) in [6, 6.07) is 13.7. The van der Waals surface area contributed by atoms with Crippen molar-refractivity contribution in [3.8, 4) is 11.4 Å². The highest BCUT2D eigenvalue weighted by Gasteiger charge is 2.30. The second-order valence-electron chi connectivity index (χ2n) is 7.36. The number of benzene rings is 2. The van der Waals surface area contributed by atoms with Crippen LogP contribution in [0, 0.1) is 12.7 Å². The Balaban J connectivity index is 1.46. The zero-order valence-electron chi connectivity index (χ0n) is 16.3. The van der Waals surface area contributed by atoms with E-state index in [9.17, 15) is 9.18 Å². The molecule has 0 saturated carbocycles.